The Morgan fingerprint density at radius 2 is 2.05 bits per heavy atom. The van der Waals surface area contributed by atoms with E-state index in [1.165, 1.54) is 4.31 Å². The summed E-state index contributed by atoms with van der Waals surface area (Å²) in [5.74, 6) is 0. The predicted molar refractivity (Wildman–Crippen MR) is 85.7 cm³/mol. The maximum Gasteiger partial charge on any atom is 0.243 e. The molecule has 116 valence electrons. The highest BCUT2D eigenvalue weighted by atomic mass is 32.2. The zero-order chi connectivity index (χ0) is 15.5. The van der Waals surface area contributed by atoms with E-state index in [1.807, 2.05) is 25.1 Å². The van der Waals surface area contributed by atoms with Crippen molar-refractivity contribution < 1.29 is 8.42 Å². The van der Waals surface area contributed by atoms with Crippen molar-refractivity contribution in [1.82, 2.24) is 9.62 Å². The lowest BCUT2D eigenvalue weighted by molar-refractivity contribution is 0.437. The van der Waals surface area contributed by atoms with Gasteiger partial charge in [0.25, 0.3) is 0 Å². The minimum atomic E-state index is -3.39. The van der Waals surface area contributed by atoms with Crippen molar-refractivity contribution in [2.75, 3.05) is 13.1 Å². The van der Waals surface area contributed by atoms with Crippen LogP contribution in [0.25, 0.3) is 0 Å². The average Bonchev–Trinajstić information content (AvgIpc) is 2.47. The Hall–Kier alpha value is -1.17. The molecule has 0 unspecified atom stereocenters. The number of nitrogens with zero attached hydrogens (tertiary/aromatic N) is 1. The molecule has 21 heavy (non-hydrogen) atoms. The van der Waals surface area contributed by atoms with E-state index in [-0.39, 0.29) is 0 Å². The van der Waals surface area contributed by atoms with Crippen molar-refractivity contribution in [2.24, 2.45) is 0 Å². The van der Waals surface area contributed by atoms with E-state index in [1.54, 1.807) is 12.1 Å². The highest BCUT2D eigenvalue weighted by molar-refractivity contribution is 7.89. The third-order valence-corrected chi connectivity index (χ3v) is 5.54. The van der Waals surface area contributed by atoms with Crippen molar-refractivity contribution >= 4 is 10.0 Å². The second kappa shape index (κ2) is 6.73. The first-order chi connectivity index (χ1) is 9.91. The first-order valence-corrected chi connectivity index (χ1v) is 8.83. The van der Waals surface area contributed by atoms with E-state index in [9.17, 15) is 8.42 Å². The number of aryl methyl sites for hydroxylation is 1. The summed E-state index contributed by atoms with van der Waals surface area (Å²) in [7, 11) is -3.39. The van der Waals surface area contributed by atoms with Crippen LogP contribution in [0.3, 0.4) is 0 Å². The molecule has 0 aromatic heterocycles. The normalized spacial score (nSPS) is 16.6. The highest BCUT2D eigenvalue weighted by Gasteiger charge is 2.24. The molecular weight excluding hydrogens is 284 g/mol. The summed E-state index contributed by atoms with van der Waals surface area (Å²) in [6, 6.07) is 5.78. The fraction of sp³-hybridized carbons (Fsp3) is 0.500. The number of sulfonamides is 1. The van der Waals surface area contributed by atoms with Crippen LogP contribution in [0.2, 0.25) is 0 Å². The molecule has 0 spiro atoms. The fourth-order valence-electron chi connectivity index (χ4n) is 2.30. The smallest absolute Gasteiger partial charge is 0.243 e. The minimum absolute atomic E-state index is 0.372. The summed E-state index contributed by atoms with van der Waals surface area (Å²) < 4.78 is 26.9. The molecular formula is C16H24N2O2S. The molecule has 0 saturated heterocycles. The third-order valence-electron chi connectivity index (χ3n) is 3.68. The second-order valence-corrected chi connectivity index (χ2v) is 7.68. The van der Waals surface area contributed by atoms with Gasteiger partial charge in [0.2, 0.25) is 10.0 Å². The zero-order valence-corrected chi connectivity index (χ0v) is 13.8. The zero-order valence-electron chi connectivity index (χ0n) is 13.0. The van der Waals surface area contributed by atoms with Crippen molar-refractivity contribution in [3.63, 3.8) is 0 Å². The standard InChI is InChI=1S/C16H24N2O2S/c1-13(2)17-12-15-11-16(8-7-14(15)3)21(19,20)18-9-5-4-6-10-18/h4-5,7-8,11,13,17H,6,9-10,12H2,1-3H3. The van der Waals surface area contributed by atoms with Gasteiger partial charge in [-0.05, 0) is 36.6 Å². The van der Waals surface area contributed by atoms with E-state index in [2.05, 4.69) is 19.2 Å². The molecule has 0 radical (unpaired) electrons. The molecule has 0 atom stereocenters. The summed E-state index contributed by atoms with van der Waals surface area (Å²) in [4.78, 5) is 0.393. The summed E-state index contributed by atoms with van der Waals surface area (Å²) >= 11 is 0. The maximum absolute atomic E-state index is 12.7. The molecule has 0 amide bonds. The van der Waals surface area contributed by atoms with Crippen molar-refractivity contribution in [1.29, 1.82) is 0 Å². The number of rotatable bonds is 5. The van der Waals surface area contributed by atoms with Gasteiger partial charge >= 0.3 is 0 Å². The largest absolute Gasteiger partial charge is 0.310 e. The third kappa shape index (κ3) is 3.93. The highest BCUT2D eigenvalue weighted by Crippen LogP contribution is 2.21. The van der Waals surface area contributed by atoms with Crippen molar-refractivity contribution in [2.45, 2.75) is 44.7 Å². The molecule has 4 nitrogen and oxygen atoms in total. The number of benzene rings is 1. The summed E-state index contributed by atoms with van der Waals surface area (Å²) in [5, 5.41) is 3.34. The summed E-state index contributed by atoms with van der Waals surface area (Å²) in [6.07, 6.45) is 4.72. The van der Waals surface area contributed by atoms with Crippen LogP contribution in [-0.2, 0) is 16.6 Å². The number of hydrogen-bond donors (Lipinski definition) is 1. The van der Waals surface area contributed by atoms with Gasteiger partial charge in [0.05, 0.1) is 4.90 Å². The van der Waals surface area contributed by atoms with E-state index in [0.29, 0.717) is 30.6 Å². The van der Waals surface area contributed by atoms with Gasteiger partial charge in [0.15, 0.2) is 0 Å². The lowest BCUT2D eigenvalue weighted by Gasteiger charge is -2.23. The molecule has 2 rings (SSSR count). The minimum Gasteiger partial charge on any atom is -0.310 e. The van der Waals surface area contributed by atoms with Crippen LogP contribution in [-0.4, -0.2) is 31.9 Å². The van der Waals surface area contributed by atoms with E-state index < -0.39 is 10.0 Å². The molecule has 0 aliphatic carbocycles. The SMILES string of the molecule is Cc1ccc(S(=O)(=O)N2CC=CCC2)cc1CNC(C)C. The molecule has 1 aliphatic rings. The molecule has 1 N–H and O–H groups in total. The molecule has 1 heterocycles. The van der Waals surface area contributed by atoms with Gasteiger partial charge in [-0.2, -0.15) is 4.31 Å². The first kappa shape index (κ1) is 16.2. The predicted octanol–water partition coefficient (Wildman–Crippen LogP) is 2.44. The van der Waals surface area contributed by atoms with Crippen LogP contribution in [0, 0.1) is 6.92 Å². The molecule has 1 aromatic rings. The second-order valence-electron chi connectivity index (χ2n) is 5.75. The monoisotopic (exact) mass is 308 g/mol. The lowest BCUT2D eigenvalue weighted by atomic mass is 10.1. The van der Waals surface area contributed by atoms with Gasteiger partial charge in [-0.15, -0.1) is 0 Å². The van der Waals surface area contributed by atoms with E-state index in [0.717, 1.165) is 17.5 Å². The topological polar surface area (TPSA) is 49.4 Å². The van der Waals surface area contributed by atoms with Gasteiger partial charge in [-0.1, -0.05) is 32.1 Å². The summed E-state index contributed by atoms with van der Waals surface area (Å²) in [6.45, 7) is 7.89. The maximum atomic E-state index is 12.7. The van der Waals surface area contributed by atoms with Crippen LogP contribution in [0.15, 0.2) is 35.2 Å². The van der Waals surface area contributed by atoms with Gasteiger partial charge in [0.1, 0.15) is 0 Å². The van der Waals surface area contributed by atoms with E-state index >= 15 is 0 Å². The van der Waals surface area contributed by atoms with Crippen LogP contribution in [0.5, 0.6) is 0 Å². The van der Waals surface area contributed by atoms with Crippen LogP contribution in [0.4, 0.5) is 0 Å². The Kier molecular flexibility index (Phi) is 5.19. The Balaban J connectivity index is 2.26. The molecule has 0 bridgehead atoms. The number of hydrogen-bond acceptors (Lipinski definition) is 3. The van der Waals surface area contributed by atoms with Crippen LogP contribution >= 0.6 is 0 Å². The fourth-order valence-corrected chi connectivity index (χ4v) is 3.76. The Morgan fingerprint density at radius 1 is 1.29 bits per heavy atom. The Morgan fingerprint density at radius 3 is 2.67 bits per heavy atom. The van der Waals surface area contributed by atoms with Crippen LogP contribution in [0.1, 0.15) is 31.4 Å². The van der Waals surface area contributed by atoms with Gasteiger partial charge in [-0.25, -0.2) is 8.42 Å². The first-order valence-electron chi connectivity index (χ1n) is 7.39. The Labute approximate surface area is 127 Å². The quantitative estimate of drug-likeness (QED) is 0.850. The van der Waals surface area contributed by atoms with Gasteiger partial charge in [0, 0.05) is 25.7 Å². The van der Waals surface area contributed by atoms with Crippen LogP contribution < -0.4 is 5.32 Å². The van der Waals surface area contributed by atoms with E-state index in [4.69, 9.17) is 0 Å². The molecule has 1 aliphatic heterocycles. The summed E-state index contributed by atoms with van der Waals surface area (Å²) in [5.41, 5.74) is 2.15. The van der Waals surface area contributed by atoms with Gasteiger partial charge in [-0.3, -0.25) is 0 Å². The van der Waals surface area contributed by atoms with Crippen molar-refractivity contribution in [3.8, 4) is 0 Å². The number of nitrogens with one attached hydrogen (secondary N) is 1. The molecule has 0 fully saturated rings. The average molecular weight is 308 g/mol. The van der Waals surface area contributed by atoms with Gasteiger partial charge < -0.3 is 5.32 Å². The molecule has 1 aromatic carbocycles. The Bertz CT molecular complexity index is 621. The lowest BCUT2D eigenvalue weighted by Crippen LogP contribution is -2.34. The van der Waals surface area contributed by atoms with Crippen molar-refractivity contribution in [3.05, 3.63) is 41.5 Å². The molecule has 5 heteroatoms. The molecule has 0 saturated carbocycles.